The normalized spacial score (nSPS) is 10.3. The minimum Gasteiger partial charge on any atom is -0.501 e. The molecule has 0 aliphatic rings. The molecule has 0 saturated carbocycles. The fraction of sp³-hybridized carbons (Fsp3) is 0.533. The summed E-state index contributed by atoms with van der Waals surface area (Å²) in [5, 5.41) is 16.4. The molecule has 132 valence electrons. The maximum absolute atomic E-state index is 11.0. The van der Waals surface area contributed by atoms with Gasteiger partial charge in [-0.25, -0.2) is 0 Å². The molecule has 0 aromatic rings. The fourth-order valence-corrected chi connectivity index (χ4v) is 1.09. The van der Waals surface area contributed by atoms with E-state index in [1.165, 1.54) is 12.5 Å². The first-order chi connectivity index (χ1) is 10.9. The van der Waals surface area contributed by atoms with Crippen LogP contribution in [0.25, 0.3) is 0 Å². The second-order valence-electron chi connectivity index (χ2n) is 4.09. The smallest absolute Gasteiger partial charge is 0.306 e. The number of carbonyl (C=O) groups is 3. The quantitative estimate of drug-likeness (QED) is 0.316. The molecule has 0 radical (unpaired) electrons. The molecule has 1 unspecified atom stereocenters. The van der Waals surface area contributed by atoms with Crippen LogP contribution in [-0.4, -0.2) is 47.4 Å². The topological polar surface area (TPSA) is 119 Å². The van der Waals surface area contributed by atoms with Crippen molar-refractivity contribution in [1.29, 1.82) is 0 Å². The first-order valence-corrected chi connectivity index (χ1v) is 6.95. The minimum absolute atomic E-state index is 0.0337. The lowest BCUT2D eigenvalue weighted by molar-refractivity contribution is -0.150. The molecule has 0 aliphatic heterocycles. The SMILES string of the molecule is C=COC(CC)COC(=O)CCC(=O)O.C=COCCC(=O)O. The van der Waals surface area contributed by atoms with Gasteiger partial charge in [0.1, 0.15) is 12.7 Å². The van der Waals surface area contributed by atoms with Gasteiger partial charge in [-0.2, -0.15) is 0 Å². The molecule has 0 spiro atoms. The standard InChI is InChI=1S/C10H16O5.C5H8O3/c1-3-8(14-4-2)7-15-10(13)6-5-9(11)12;1-2-8-4-3-5(6)7/h4,8H,2-3,5-7H2,1H3,(H,11,12);2H,1,3-4H2,(H,6,7). The number of hydrogen-bond acceptors (Lipinski definition) is 6. The van der Waals surface area contributed by atoms with Gasteiger partial charge in [-0.15, -0.1) is 0 Å². The lowest BCUT2D eigenvalue weighted by Gasteiger charge is -2.14. The summed E-state index contributed by atoms with van der Waals surface area (Å²) in [6.07, 6.45) is 2.71. The fourth-order valence-electron chi connectivity index (χ4n) is 1.09. The molecule has 2 N–H and O–H groups in total. The summed E-state index contributed by atoms with van der Waals surface area (Å²) in [5.74, 6) is -2.39. The van der Waals surface area contributed by atoms with Gasteiger partial charge in [-0.05, 0) is 6.42 Å². The van der Waals surface area contributed by atoms with Crippen LogP contribution < -0.4 is 0 Å². The average molecular weight is 332 g/mol. The average Bonchev–Trinajstić information content (AvgIpc) is 2.50. The van der Waals surface area contributed by atoms with Crippen molar-refractivity contribution in [2.75, 3.05) is 13.2 Å². The van der Waals surface area contributed by atoms with Crippen molar-refractivity contribution in [3.05, 3.63) is 25.7 Å². The molecule has 0 rings (SSSR count). The summed E-state index contributed by atoms with van der Waals surface area (Å²) in [6, 6.07) is 0. The Morgan fingerprint density at radius 3 is 2.09 bits per heavy atom. The predicted molar refractivity (Wildman–Crippen MR) is 81.6 cm³/mol. The number of hydrogen-bond donors (Lipinski definition) is 2. The number of rotatable bonds is 12. The maximum Gasteiger partial charge on any atom is 0.306 e. The number of aliphatic carboxylic acids is 2. The summed E-state index contributed by atoms with van der Waals surface area (Å²) in [6.45, 7) is 8.86. The molecule has 8 heteroatoms. The van der Waals surface area contributed by atoms with Gasteiger partial charge in [0.2, 0.25) is 0 Å². The zero-order chi connectivity index (χ0) is 18.1. The molecule has 0 bridgehead atoms. The van der Waals surface area contributed by atoms with E-state index >= 15 is 0 Å². The van der Waals surface area contributed by atoms with Gasteiger partial charge in [-0.1, -0.05) is 20.1 Å². The third-order valence-corrected chi connectivity index (χ3v) is 2.27. The molecule has 0 aromatic heterocycles. The van der Waals surface area contributed by atoms with Crippen molar-refractivity contribution in [2.45, 2.75) is 38.7 Å². The lowest BCUT2D eigenvalue weighted by Crippen LogP contribution is -2.20. The summed E-state index contributed by atoms with van der Waals surface area (Å²) >= 11 is 0. The van der Waals surface area contributed by atoms with Crippen LogP contribution in [0.15, 0.2) is 25.7 Å². The molecule has 23 heavy (non-hydrogen) atoms. The van der Waals surface area contributed by atoms with E-state index in [1.54, 1.807) is 0 Å². The molecule has 8 nitrogen and oxygen atoms in total. The van der Waals surface area contributed by atoms with Gasteiger partial charge in [0.25, 0.3) is 0 Å². The molecule has 0 aliphatic carbocycles. The van der Waals surface area contributed by atoms with E-state index in [0.29, 0.717) is 6.42 Å². The maximum atomic E-state index is 11.0. The highest BCUT2D eigenvalue weighted by Crippen LogP contribution is 2.01. The number of carboxylic acid groups (broad SMARTS) is 2. The molecule has 0 amide bonds. The highest BCUT2D eigenvalue weighted by atomic mass is 16.6. The first kappa shape index (κ1) is 22.8. The largest absolute Gasteiger partial charge is 0.501 e. The first-order valence-electron chi connectivity index (χ1n) is 6.95. The highest BCUT2D eigenvalue weighted by molar-refractivity contribution is 5.76. The minimum atomic E-state index is -1.01. The lowest BCUT2D eigenvalue weighted by atomic mass is 10.3. The van der Waals surface area contributed by atoms with Crippen molar-refractivity contribution in [3.8, 4) is 0 Å². The van der Waals surface area contributed by atoms with Crippen molar-refractivity contribution in [1.82, 2.24) is 0 Å². The Morgan fingerprint density at radius 1 is 1.04 bits per heavy atom. The Labute approximate surface area is 135 Å². The molecular weight excluding hydrogens is 308 g/mol. The number of esters is 1. The monoisotopic (exact) mass is 332 g/mol. The summed E-state index contributed by atoms with van der Waals surface area (Å²) in [4.78, 5) is 30.9. The van der Waals surface area contributed by atoms with E-state index in [0.717, 1.165) is 0 Å². The van der Waals surface area contributed by atoms with Crippen LogP contribution in [0.2, 0.25) is 0 Å². The molecule has 0 saturated heterocycles. The van der Waals surface area contributed by atoms with Crippen LogP contribution in [0.4, 0.5) is 0 Å². The van der Waals surface area contributed by atoms with Gasteiger partial charge >= 0.3 is 17.9 Å². The zero-order valence-corrected chi connectivity index (χ0v) is 13.2. The summed E-state index contributed by atoms with van der Waals surface area (Å²) in [7, 11) is 0. The third kappa shape index (κ3) is 19.5. The molecule has 0 aromatic carbocycles. The van der Waals surface area contributed by atoms with Crippen LogP contribution >= 0.6 is 0 Å². The van der Waals surface area contributed by atoms with E-state index < -0.39 is 17.9 Å². The number of carbonyl (C=O) groups excluding carboxylic acids is 1. The Morgan fingerprint density at radius 2 is 1.65 bits per heavy atom. The Balaban J connectivity index is 0. The van der Waals surface area contributed by atoms with E-state index in [-0.39, 0.29) is 38.6 Å². The van der Waals surface area contributed by atoms with E-state index in [2.05, 4.69) is 17.9 Å². The Hall–Kier alpha value is -2.51. The molecule has 1 atom stereocenters. The van der Waals surface area contributed by atoms with Crippen molar-refractivity contribution in [3.63, 3.8) is 0 Å². The van der Waals surface area contributed by atoms with Crippen LogP contribution in [0, 0.1) is 0 Å². The van der Waals surface area contributed by atoms with E-state index in [9.17, 15) is 14.4 Å². The molecule has 0 fully saturated rings. The van der Waals surface area contributed by atoms with Gasteiger partial charge in [0.05, 0.1) is 38.4 Å². The van der Waals surface area contributed by atoms with Gasteiger partial charge < -0.3 is 24.4 Å². The molecule has 0 heterocycles. The van der Waals surface area contributed by atoms with Gasteiger partial charge in [-0.3, -0.25) is 14.4 Å². The van der Waals surface area contributed by atoms with Gasteiger partial charge in [0, 0.05) is 0 Å². The van der Waals surface area contributed by atoms with Crippen molar-refractivity contribution >= 4 is 17.9 Å². The van der Waals surface area contributed by atoms with Crippen LogP contribution in [-0.2, 0) is 28.6 Å². The van der Waals surface area contributed by atoms with Crippen LogP contribution in [0.5, 0.6) is 0 Å². The van der Waals surface area contributed by atoms with E-state index in [4.69, 9.17) is 19.7 Å². The van der Waals surface area contributed by atoms with Crippen LogP contribution in [0.3, 0.4) is 0 Å². The van der Waals surface area contributed by atoms with Crippen molar-refractivity contribution in [2.24, 2.45) is 0 Å². The summed E-state index contributed by atoms with van der Waals surface area (Å²) in [5.41, 5.74) is 0. The summed E-state index contributed by atoms with van der Waals surface area (Å²) < 4.78 is 14.4. The van der Waals surface area contributed by atoms with E-state index in [1.807, 2.05) is 6.92 Å². The second-order valence-corrected chi connectivity index (χ2v) is 4.09. The predicted octanol–water partition coefficient (Wildman–Crippen LogP) is 1.95. The van der Waals surface area contributed by atoms with Crippen LogP contribution in [0.1, 0.15) is 32.6 Å². The third-order valence-electron chi connectivity index (χ3n) is 2.27. The Kier molecular flexibility index (Phi) is 15.7. The highest BCUT2D eigenvalue weighted by Gasteiger charge is 2.11. The number of carboxylic acids is 2. The van der Waals surface area contributed by atoms with Crippen molar-refractivity contribution < 1.29 is 38.8 Å². The zero-order valence-electron chi connectivity index (χ0n) is 13.2. The Bertz CT molecular complexity index is 378. The number of ether oxygens (including phenoxy) is 3. The van der Waals surface area contributed by atoms with Gasteiger partial charge in [0.15, 0.2) is 0 Å². The second kappa shape index (κ2) is 15.9. The molecular formula is C15H24O8.